The quantitative estimate of drug-likeness (QED) is 0.419. The van der Waals surface area contributed by atoms with Gasteiger partial charge in [0.15, 0.2) is 5.82 Å². The lowest BCUT2D eigenvalue weighted by Gasteiger charge is -2.64. The molecular weight excluding hydrogens is 459 g/mol. The third kappa shape index (κ3) is 3.71. The van der Waals surface area contributed by atoms with Crippen LogP contribution in [0.1, 0.15) is 39.2 Å². The number of para-hydroxylation sites is 1. The molecule has 36 heavy (non-hydrogen) atoms. The van der Waals surface area contributed by atoms with E-state index in [1.165, 1.54) is 18.6 Å². The highest BCUT2D eigenvalue weighted by Crippen LogP contribution is 2.65. The molecule has 4 fully saturated rings. The lowest BCUT2D eigenvalue weighted by atomic mass is 9.43. The molecule has 3 aromatic rings. The molecule has 7 rings (SSSR count). The first-order valence-electron chi connectivity index (χ1n) is 12.4. The number of nitrogens with one attached hydrogen (secondary N) is 2. The number of benzene rings is 1. The van der Waals surface area contributed by atoms with Gasteiger partial charge < -0.3 is 24.4 Å². The Bertz CT molecular complexity index is 1310. The Balaban J connectivity index is 1.25. The summed E-state index contributed by atoms with van der Waals surface area (Å²) < 4.78 is 18.8. The van der Waals surface area contributed by atoms with Gasteiger partial charge in [0, 0.05) is 17.8 Å². The zero-order chi connectivity index (χ0) is 25.1. The van der Waals surface area contributed by atoms with Gasteiger partial charge in [0.1, 0.15) is 5.58 Å². The minimum atomic E-state index is -0.831. The summed E-state index contributed by atoms with van der Waals surface area (Å²) >= 11 is 0. The monoisotopic (exact) mass is 488 g/mol. The normalized spacial score (nSPS) is 28.8. The molecular formula is C26H29BN4O5. The fourth-order valence-electron chi connectivity index (χ4n) is 6.48. The number of aromatic nitrogens is 2. The molecule has 2 amide bonds. The van der Waals surface area contributed by atoms with Gasteiger partial charge in [-0.3, -0.25) is 14.6 Å². The molecule has 1 aliphatic heterocycles. The molecule has 3 heterocycles. The van der Waals surface area contributed by atoms with Gasteiger partial charge in [-0.25, -0.2) is 4.98 Å². The maximum absolute atomic E-state index is 13.0. The van der Waals surface area contributed by atoms with Crippen LogP contribution in [-0.4, -0.2) is 46.5 Å². The first-order valence-corrected chi connectivity index (χ1v) is 12.4. The van der Waals surface area contributed by atoms with Gasteiger partial charge >= 0.3 is 18.9 Å². The van der Waals surface area contributed by atoms with Crippen molar-refractivity contribution in [1.82, 2.24) is 15.3 Å². The lowest BCUT2D eigenvalue weighted by Crippen LogP contribution is -2.65. The maximum Gasteiger partial charge on any atom is 0.482 e. The summed E-state index contributed by atoms with van der Waals surface area (Å²) in [7, 11) is -0.697. The minimum Gasteiger partial charge on any atom is -0.464 e. The van der Waals surface area contributed by atoms with Crippen molar-refractivity contribution in [2.45, 2.75) is 57.7 Å². The summed E-state index contributed by atoms with van der Waals surface area (Å²) in [5.74, 6) is -1.05. The standard InChI is InChI=1S/C26H29BN4O5/c1-25(2)16-11-19(25)26(3)20(12-16)35-27(36-26)21(10-15-14-34-18-7-5-4-6-17(15)18)30-23(32)24(33)31-22-13-28-8-9-29-22/h4-9,13-14,16,19-21H,10-12H2,1-3H3,(H,30,32)(H,29,31,33)/t16-,19-,20+,21-,26-/m0/s1. The van der Waals surface area contributed by atoms with Crippen LogP contribution in [0.2, 0.25) is 0 Å². The summed E-state index contributed by atoms with van der Waals surface area (Å²) in [5.41, 5.74) is 1.42. The maximum atomic E-state index is 13.0. The number of hydrogen-bond acceptors (Lipinski definition) is 7. The van der Waals surface area contributed by atoms with Crippen molar-refractivity contribution in [3.05, 3.63) is 54.7 Å². The Morgan fingerprint density at radius 1 is 1.17 bits per heavy atom. The van der Waals surface area contributed by atoms with Crippen molar-refractivity contribution in [1.29, 1.82) is 0 Å². The highest BCUT2D eigenvalue weighted by Gasteiger charge is 2.68. The fraction of sp³-hybridized carbons (Fsp3) is 0.462. The van der Waals surface area contributed by atoms with Crippen molar-refractivity contribution in [2.75, 3.05) is 5.32 Å². The number of anilines is 1. The number of hydrogen-bond donors (Lipinski definition) is 2. The average Bonchev–Trinajstić information content (AvgIpc) is 3.44. The lowest BCUT2D eigenvalue weighted by molar-refractivity contribution is -0.199. The van der Waals surface area contributed by atoms with Crippen LogP contribution in [0.4, 0.5) is 5.82 Å². The van der Waals surface area contributed by atoms with Gasteiger partial charge in [-0.2, -0.15) is 0 Å². The number of amides is 2. The van der Waals surface area contributed by atoms with Crippen LogP contribution in [0.5, 0.6) is 0 Å². The Labute approximate surface area is 209 Å². The van der Waals surface area contributed by atoms with E-state index < -0.39 is 30.5 Å². The molecule has 2 N–H and O–H groups in total. The van der Waals surface area contributed by atoms with E-state index in [4.69, 9.17) is 13.7 Å². The third-order valence-electron chi connectivity index (χ3n) is 8.63. The van der Waals surface area contributed by atoms with E-state index in [0.717, 1.165) is 29.4 Å². The van der Waals surface area contributed by atoms with E-state index in [2.05, 4.69) is 41.4 Å². The van der Waals surface area contributed by atoms with Crippen molar-refractivity contribution < 1.29 is 23.3 Å². The first kappa shape index (κ1) is 23.2. The molecule has 3 saturated carbocycles. The summed E-state index contributed by atoms with van der Waals surface area (Å²) in [5, 5.41) is 6.30. The van der Waals surface area contributed by atoms with Crippen LogP contribution < -0.4 is 10.6 Å². The van der Waals surface area contributed by atoms with E-state index >= 15 is 0 Å². The first-order chi connectivity index (χ1) is 17.3. The number of furan rings is 1. The molecule has 2 bridgehead atoms. The Kier molecular flexibility index (Phi) is 5.42. The second-order valence-electron chi connectivity index (χ2n) is 10.9. The Hall–Kier alpha value is -3.24. The van der Waals surface area contributed by atoms with E-state index in [1.807, 2.05) is 24.3 Å². The molecule has 9 nitrogen and oxygen atoms in total. The average molecular weight is 488 g/mol. The van der Waals surface area contributed by atoms with Gasteiger partial charge in [-0.05, 0) is 55.1 Å². The second kappa shape index (κ2) is 8.42. The van der Waals surface area contributed by atoms with Crippen molar-refractivity contribution in [3.8, 4) is 0 Å². The van der Waals surface area contributed by atoms with E-state index in [-0.39, 0.29) is 17.3 Å². The predicted molar refractivity (Wildman–Crippen MR) is 133 cm³/mol. The van der Waals surface area contributed by atoms with Crippen LogP contribution in [-0.2, 0) is 25.3 Å². The molecule has 5 atom stereocenters. The Morgan fingerprint density at radius 3 is 2.78 bits per heavy atom. The zero-order valence-corrected chi connectivity index (χ0v) is 20.6. The largest absolute Gasteiger partial charge is 0.482 e. The van der Waals surface area contributed by atoms with Gasteiger partial charge in [0.05, 0.1) is 30.1 Å². The number of carbonyl (C=O) groups is 2. The highest BCUT2D eigenvalue weighted by atomic mass is 16.7. The molecule has 1 saturated heterocycles. The third-order valence-corrected chi connectivity index (χ3v) is 8.63. The zero-order valence-electron chi connectivity index (χ0n) is 20.6. The molecule has 4 aliphatic rings. The molecule has 0 radical (unpaired) electrons. The number of nitrogens with zero attached hydrogens (tertiary/aromatic N) is 2. The van der Waals surface area contributed by atoms with Crippen molar-refractivity contribution in [2.24, 2.45) is 17.3 Å². The summed E-state index contributed by atoms with van der Waals surface area (Å²) in [6.07, 6.45) is 8.38. The summed E-state index contributed by atoms with van der Waals surface area (Å²) in [6, 6.07) is 7.72. The summed E-state index contributed by atoms with van der Waals surface area (Å²) in [6.45, 7) is 6.74. The molecule has 10 heteroatoms. The van der Waals surface area contributed by atoms with Crippen LogP contribution in [0.25, 0.3) is 11.0 Å². The SMILES string of the molecule is CC1(C)[C@@H]2C[C@H]3OB([C@H](Cc4coc5ccccc45)NC(=O)C(=O)Nc4cnccn4)O[C@@]3(C)[C@H]1C2. The number of carbonyl (C=O) groups excluding carboxylic acids is 2. The van der Waals surface area contributed by atoms with E-state index in [0.29, 0.717) is 18.3 Å². The number of fused-ring (bicyclic) bond motifs is 1. The van der Waals surface area contributed by atoms with Gasteiger partial charge in [0.2, 0.25) is 0 Å². The second-order valence-corrected chi connectivity index (χ2v) is 10.9. The Morgan fingerprint density at radius 2 is 2.00 bits per heavy atom. The smallest absolute Gasteiger partial charge is 0.464 e. The molecule has 0 spiro atoms. The topological polar surface area (TPSA) is 116 Å². The van der Waals surface area contributed by atoms with Crippen LogP contribution in [0.3, 0.4) is 0 Å². The van der Waals surface area contributed by atoms with Crippen molar-refractivity contribution >= 4 is 35.7 Å². The summed E-state index contributed by atoms with van der Waals surface area (Å²) in [4.78, 5) is 33.5. The van der Waals surface area contributed by atoms with E-state index in [1.54, 1.807) is 6.26 Å². The molecule has 2 aromatic heterocycles. The van der Waals surface area contributed by atoms with Crippen LogP contribution in [0, 0.1) is 17.3 Å². The van der Waals surface area contributed by atoms with Crippen molar-refractivity contribution in [3.63, 3.8) is 0 Å². The van der Waals surface area contributed by atoms with Gasteiger partial charge in [0.25, 0.3) is 0 Å². The molecule has 1 aromatic carbocycles. The number of rotatable bonds is 5. The molecule has 3 aliphatic carbocycles. The van der Waals surface area contributed by atoms with Gasteiger partial charge in [-0.15, -0.1) is 0 Å². The molecule has 186 valence electrons. The van der Waals surface area contributed by atoms with Gasteiger partial charge in [-0.1, -0.05) is 32.0 Å². The predicted octanol–water partition coefficient (Wildman–Crippen LogP) is 3.16. The minimum absolute atomic E-state index is 0.0480. The van der Waals surface area contributed by atoms with Crippen LogP contribution >= 0.6 is 0 Å². The van der Waals surface area contributed by atoms with Crippen LogP contribution in [0.15, 0.2) is 53.5 Å². The fourth-order valence-corrected chi connectivity index (χ4v) is 6.48. The highest BCUT2D eigenvalue weighted by molar-refractivity contribution is 6.49. The molecule has 0 unspecified atom stereocenters. The van der Waals surface area contributed by atoms with E-state index in [9.17, 15) is 9.59 Å².